The number of nitrogens with zero attached hydrogens (tertiary/aromatic N) is 1. The molecule has 2 saturated heterocycles. The fraction of sp³-hybridized carbons (Fsp3) is 0.923. The van der Waals surface area contributed by atoms with Crippen LogP contribution >= 0.6 is 11.8 Å². The normalized spacial score (nSPS) is 30.6. The number of hydrogen-bond donors (Lipinski definition) is 1. The summed E-state index contributed by atoms with van der Waals surface area (Å²) in [4.78, 5) is 13.2. The van der Waals surface area contributed by atoms with Gasteiger partial charge in [-0.1, -0.05) is 0 Å². The largest absolute Gasteiger partial charge is 0.481 e. The topological polar surface area (TPSA) is 40.5 Å². The van der Waals surface area contributed by atoms with E-state index in [-0.39, 0.29) is 0 Å². The van der Waals surface area contributed by atoms with Crippen LogP contribution in [0.15, 0.2) is 0 Å². The summed E-state index contributed by atoms with van der Waals surface area (Å²) in [5.74, 6) is 3.53. The maximum Gasteiger partial charge on any atom is 0.303 e. The highest BCUT2D eigenvalue weighted by molar-refractivity contribution is 7.99. The lowest BCUT2D eigenvalue weighted by Gasteiger charge is -2.34. The first-order valence-electron chi connectivity index (χ1n) is 6.76. The third-order valence-electron chi connectivity index (χ3n) is 3.91. The van der Waals surface area contributed by atoms with Crippen LogP contribution in [0.25, 0.3) is 0 Å². The lowest BCUT2D eigenvalue weighted by Crippen LogP contribution is -2.38. The molecule has 17 heavy (non-hydrogen) atoms. The molecule has 2 aliphatic heterocycles. The van der Waals surface area contributed by atoms with Gasteiger partial charge in [0, 0.05) is 19.5 Å². The van der Waals surface area contributed by atoms with E-state index in [1.54, 1.807) is 0 Å². The molecular formula is C13H23NO2S. The van der Waals surface area contributed by atoms with Crippen molar-refractivity contribution in [2.75, 3.05) is 31.1 Å². The van der Waals surface area contributed by atoms with Crippen molar-refractivity contribution in [2.45, 2.75) is 32.1 Å². The van der Waals surface area contributed by atoms with E-state index < -0.39 is 5.97 Å². The maximum atomic E-state index is 10.6. The van der Waals surface area contributed by atoms with Crippen molar-refractivity contribution in [2.24, 2.45) is 11.8 Å². The average Bonchev–Trinajstić information content (AvgIpc) is 2.80. The second kappa shape index (κ2) is 6.64. The first-order valence-corrected chi connectivity index (χ1v) is 7.91. The summed E-state index contributed by atoms with van der Waals surface area (Å²) in [6.45, 7) is 3.61. The molecule has 0 radical (unpaired) electrons. The molecule has 3 nitrogen and oxygen atoms in total. The first-order chi connectivity index (χ1) is 8.24. The van der Waals surface area contributed by atoms with E-state index >= 15 is 0 Å². The number of carboxylic acids is 1. The molecule has 4 heteroatoms. The Balaban J connectivity index is 1.70. The van der Waals surface area contributed by atoms with Gasteiger partial charge in [0.15, 0.2) is 0 Å². The van der Waals surface area contributed by atoms with Crippen LogP contribution in [0.2, 0.25) is 0 Å². The number of rotatable bonds is 5. The summed E-state index contributed by atoms with van der Waals surface area (Å²) in [7, 11) is 0. The van der Waals surface area contributed by atoms with Crippen LogP contribution in [-0.4, -0.2) is 47.1 Å². The second-order valence-electron chi connectivity index (χ2n) is 5.43. The number of hydrogen-bond acceptors (Lipinski definition) is 3. The monoisotopic (exact) mass is 257 g/mol. The van der Waals surface area contributed by atoms with E-state index in [0.29, 0.717) is 12.3 Å². The molecule has 2 fully saturated rings. The lowest BCUT2D eigenvalue weighted by atomic mass is 9.92. The van der Waals surface area contributed by atoms with Gasteiger partial charge >= 0.3 is 5.97 Å². The molecule has 2 rings (SSSR count). The Morgan fingerprint density at radius 1 is 1.35 bits per heavy atom. The molecule has 0 aromatic rings. The Morgan fingerprint density at radius 2 is 2.24 bits per heavy atom. The van der Waals surface area contributed by atoms with E-state index in [4.69, 9.17) is 5.11 Å². The number of thioether (sulfide) groups is 1. The van der Waals surface area contributed by atoms with Gasteiger partial charge in [-0.25, -0.2) is 0 Å². The summed E-state index contributed by atoms with van der Waals surface area (Å²) >= 11 is 2.08. The van der Waals surface area contributed by atoms with E-state index in [1.807, 2.05) is 0 Å². The minimum Gasteiger partial charge on any atom is -0.481 e. The molecule has 0 bridgehead atoms. The van der Waals surface area contributed by atoms with E-state index in [2.05, 4.69) is 16.7 Å². The fourth-order valence-electron chi connectivity index (χ4n) is 2.97. The van der Waals surface area contributed by atoms with Gasteiger partial charge in [-0.15, -0.1) is 0 Å². The standard InChI is InChI=1S/C13H23NO2S/c15-13(16)4-3-11-2-1-6-14(8-11)9-12-5-7-17-10-12/h11-12H,1-10H2,(H,15,16). The first kappa shape index (κ1) is 13.2. The smallest absolute Gasteiger partial charge is 0.303 e. The predicted octanol–water partition coefficient (Wildman–Crippen LogP) is 2.32. The summed E-state index contributed by atoms with van der Waals surface area (Å²) in [6, 6.07) is 0. The number of aliphatic carboxylic acids is 1. The zero-order valence-corrected chi connectivity index (χ0v) is 11.3. The predicted molar refractivity (Wildman–Crippen MR) is 71.5 cm³/mol. The molecule has 2 atom stereocenters. The molecule has 2 unspecified atom stereocenters. The van der Waals surface area contributed by atoms with Crippen LogP contribution in [0.3, 0.4) is 0 Å². The molecule has 0 saturated carbocycles. The Labute approximate surface area is 108 Å². The zero-order valence-electron chi connectivity index (χ0n) is 10.4. The van der Waals surface area contributed by atoms with Crippen molar-refractivity contribution < 1.29 is 9.90 Å². The van der Waals surface area contributed by atoms with Crippen LogP contribution in [0.4, 0.5) is 0 Å². The number of likely N-dealkylation sites (tertiary alicyclic amines) is 1. The second-order valence-corrected chi connectivity index (χ2v) is 6.58. The zero-order chi connectivity index (χ0) is 12.1. The van der Waals surface area contributed by atoms with E-state index in [0.717, 1.165) is 18.9 Å². The Morgan fingerprint density at radius 3 is 2.94 bits per heavy atom. The van der Waals surface area contributed by atoms with Crippen molar-refractivity contribution in [3.05, 3.63) is 0 Å². The lowest BCUT2D eigenvalue weighted by molar-refractivity contribution is -0.137. The highest BCUT2D eigenvalue weighted by atomic mass is 32.2. The van der Waals surface area contributed by atoms with Crippen molar-refractivity contribution >= 4 is 17.7 Å². The minimum absolute atomic E-state index is 0.345. The van der Waals surface area contributed by atoms with Gasteiger partial charge in [0.05, 0.1) is 0 Å². The van der Waals surface area contributed by atoms with Gasteiger partial charge in [0.25, 0.3) is 0 Å². The molecule has 98 valence electrons. The highest BCUT2D eigenvalue weighted by Crippen LogP contribution is 2.27. The van der Waals surface area contributed by atoms with Gasteiger partial charge in [0.2, 0.25) is 0 Å². The molecule has 0 amide bonds. The van der Waals surface area contributed by atoms with Gasteiger partial charge in [-0.05, 0) is 55.6 Å². The van der Waals surface area contributed by atoms with E-state index in [9.17, 15) is 4.79 Å². The molecule has 1 N–H and O–H groups in total. The summed E-state index contributed by atoms with van der Waals surface area (Å²) in [5, 5.41) is 8.72. The molecule has 2 heterocycles. The molecule has 2 aliphatic rings. The highest BCUT2D eigenvalue weighted by Gasteiger charge is 2.24. The molecular weight excluding hydrogens is 234 g/mol. The molecule has 0 aromatic heterocycles. The average molecular weight is 257 g/mol. The van der Waals surface area contributed by atoms with Crippen molar-refractivity contribution in [3.63, 3.8) is 0 Å². The number of piperidine rings is 1. The Kier molecular flexibility index (Phi) is 5.16. The minimum atomic E-state index is -0.644. The maximum absolute atomic E-state index is 10.6. The molecule has 0 aliphatic carbocycles. The SMILES string of the molecule is O=C(O)CCC1CCCN(CC2CCSC2)C1. The quantitative estimate of drug-likeness (QED) is 0.820. The van der Waals surface area contributed by atoms with Crippen LogP contribution < -0.4 is 0 Å². The van der Waals surface area contributed by atoms with Crippen molar-refractivity contribution in [1.29, 1.82) is 0 Å². The van der Waals surface area contributed by atoms with Gasteiger partial charge in [-0.2, -0.15) is 11.8 Å². The Hall–Kier alpha value is -0.220. The summed E-state index contributed by atoms with van der Waals surface area (Å²) in [5.41, 5.74) is 0. The van der Waals surface area contributed by atoms with Crippen molar-refractivity contribution in [1.82, 2.24) is 4.90 Å². The number of carboxylic acid groups (broad SMARTS) is 1. The summed E-state index contributed by atoms with van der Waals surface area (Å²) < 4.78 is 0. The van der Waals surface area contributed by atoms with E-state index in [1.165, 1.54) is 43.9 Å². The molecule has 0 spiro atoms. The van der Waals surface area contributed by atoms with Crippen LogP contribution in [0.5, 0.6) is 0 Å². The molecule has 0 aromatic carbocycles. The third-order valence-corrected chi connectivity index (χ3v) is 5.14. The number of carbonyl (C=O) groups is 1. The third kappa shape index (κ3) is 4.51. The summed E-state index contributed by atoms with van der Waals surface area (Å²) in [6.07, 6.45) is 5.07. The fourth-order valence-corrected chi connectivity index (χ4v) is 4.24. The van der Waals surface area contributed by atoms with Gasteiger partial charge < -0.3 is 10.0 Å². The Bertz CT molecular complexity index is 254. The van der Waals surface area contributed by atoms with Gasteiger partial charge in [-0.3, -0.25) is 4.79 Å². The van der Waals surface area contributed by atoms with Crippen LogP contribution in [0, 0.1) is 11.8 Å². The van der Waals surface area contributed by atoms with Crippen LogP contribution in [-0.2, 0) is 4.79 Å². The van der Waals surface area contributed by atoms with Crippen LogP contribution in [0.1, 0.15) is 32.1 Å². The van der Waals surface area contributed by atoms with Crippen molar-refractivity contribution in [3.8, 4) is 0 Å². The van der Waals surface area contributed by atoms with Gasteiger partial charge in [0.1, 0.15) is 0 Å².